The van der Waals surface area contributed by atoms with Gasteiger partial charge in [0.15, 0.2) is 0 Å². The van der Waals surface area contributed by atoms with Crippen LogP contribution in [0.4, 0.5) is 0 Å². The molecule has 0 saturated carbocycles. The van der Waals surface area contributed by atoms with Gasteiger partial charge in [0.05, 0.1) is 5.69 Å². The van der Waals surface area contributed by atoms with E-state index in [1.54, 1.807) is 12.4 Å². The summed E-state index contributed by atoms with van der Waals surface area (Å²) in [5.41, 5.74) is 2.22. The van der Waals surface area contributed by atoms with E-state index in [-0.39, 0.29) is 11.9 Å². The van der Waals surface area contributed by atoms with Crippen molar-refractivity contribution in [3.63, 3.8) is 0 Å². The Labute approximate surface area is 138 Å². The highest BCUT2D eigenvalue weighted by Gasteiger charge is 2.20. The van der Waals surface area contributed by atoms with Crippen molar-refractivity contribution in [2.45, 2.75) is 31.8 Å². The fourth-order valence-electron chi connectivity index (χ4n) is 3.11. The van der Waals surface area contributed by atoms with E-state index in [9.17, 15) is 4.79 Å². The van der Waals surface area contributed by atoms with E-state index in [2.05, 4.69) is 30.3 Å². The van der Waals surface area contributed by atoms with Crippen LogP contribution in [0.15, 0.2) is 30.7 Å². The molecule has 0 radical (unpaired) electrons. The summed E-state index contributed by atoms with van der Waals surface area (Å²) >= 11 is 0. The van der Waals surface area contributed by atoms with Gasteiger partial charge >= 0.3 is 0 Å². The number of aryl methyl sites for hydroxylation is 3. The number of H-pyrrole nitrogens is 1. The highest BCUT2D eigenvalue weighted by Crippen LogP contribution is 2.18. The molecule has 0 spiro atoms. The van der Waals surface area contributed by atoms with Crippen LogP contribution in [0.2, 0.25) is 0 Å². The number of rotatable bonds is 3. The van der Waals surface area contributed by atoms with Crippen molar-refractivity contribution in [1.29, 1.82) is 0 Å². The molecule has 1 unspecified atom stereocenters. The third kappa shape index (κ3) is 2.70. The average Bonchev–Trinajstić information content (AvgIpc) is 3.28. The Morgan fingerprint density at radius 3 is 3.17 bits per heavy atom. The third-order valence-corrected chi connectivity index (χ3v) is 4.49. The highest BCUT2D eigenvalue weighted by molar-refractivity contribution is 5.93. The van der Waals surface area contributed by atoms with Gasteiger partial charge in [-0.15, -0.1) is 10.2 Å². The van der Waals surface area contributed by atoms with E-state index in [4.69, 9.17) is 0 Å². The fourth-order valence-corrected chi connectivity index (χ4v) is 3.11. The topological polar surface area (TPSA) is 93.4 Å². The molecule has 8 heteroatoms. The number of carbonyl (C=O) groups excluding carboxylic acids is 1. The van der Waals surface area contributed by atoms with Gasteiger partial charge in [0.2, 0.25) is 0 Å². The van der Waals surface area contributed by atoms with E-state index < -0.39 is 0 Å². The standard InChI is InChI=1S/C16H19N7O/c1-22-7-2-3-14(22)12-9-13(20-19-12)16(24)18-11-4-5-15-21-17-10-23(15)8-6-11/h2-3,7,9-11H,4-6,8H2,1H3,(H,18,24)(H,19,20). The van der Waals surface area contributed by atoms with Crippen LogP contribution in [0.5, 0.6) is 0 Å². The van der Waals surface area contributed by atoms with Crippen molar-refractivity contribution in [2.75, 3.05) is 0 Å². The zero-order valence-electron chi connectivity index (χ0n) is 13.4. The molecule has 124 valence electrons. The van der Waals surface area contributed by atoms with E-state index in [1.807, 2.05) is 29.9 Å². The minimum atomic E-state index is -0.120. The lowest BCUT2D eigenvalue weighted by Gasteiger charge is -2.15. The van der Waals surface area contributed by atoms with Gasteiger partial charge in [0.25, 0.3) is 5.91 Å². The van der Waals surface area contributed by atoms with Crippen LogP contribution >= 0.6 is 0 Å². The summed E-state index contributed by atoms with van der Waals surface area (Å²) in [7, 11) is 1.95. The van der Waals surface area contributed by atoms with Gasteiger partial charge < -0.3 is 14.5 Å². The van der Waals surface area contributed by atoms with Crippen molar-refractivity contribution in [1.82, 2.24) is 34.8 Å². The Morgan fingerprint density at radius 2 is 2.33 bits per heavy atom. The van der Waals surface area contributed by atoms with E-state index in [0.717, 1.165) is 43.0 Å². The van der Waals surface area contributed by atoms with Crippen molar-refractivity contribution < 1.29 is 4.79 Å². The Morgan fingerprint density at radius 1 is 1.42 bits per heavy atom. The summed E-state index contributed by atoms with van der Waals surface area (Å²) in [6.45, 7) is 0.824. The van der Waals surface area contributed by atoms with Crippen LogP contribution in [-0.2, 0) is 20.0 Å². The Hall–Kier alpha value is -2.90. The normalized spacial score (nSPS) is 17.3. The number of nitrogens with zero attached hydrogens (tertiary/aromatic N) is 5. The van der Waals surface area contributed by atoms with Crippen molar-refractivity contribution in [3.8, 4) is 11.4 Å². The predicted molar refractivity (Wildman–Crippen MR) is 87.2 cm³/mol. The minimum absolute atomic E-state index is 0.120. The molecule has 1 atom stereocenters. The van der Waals surface area contributed by atoms with Gasteiger partial charge in [-0.1, -0.05) is 0 Å². The number of amides is 1. The van der Waals surface area contributed by atoms with Crippen molar-refractivity contribution in [3.05, 3.63) is 42.2 Å². The van der Waals surface area contributed by atoms with Crippen LogP contribution in [0.25, 0.3) is 11.4 Å². The Bertz CT molecular complexity index is 837. The maximum absolute atomic E-state index is 12.5. The van der Waals surface area contributed by atoms with Gasteiger partial charge in [-0.05, 0) is 31.0 Å². The zero-order valence-corrected chi connectivity index (χ0v) is 13.4. The van der Waals surface area contributed by atoms with Gasteiger partial charge in [0.1, 0.15) is 23.5 Å². The minimum Gasteiger partial charge on any atom is -0.349 e. The quantitative estimate of drug-likeness (QED) is 0.755. The lowest BCUT2D eigenvalue weighted by atomic mass is 10.1. The van der Waals surface area contributed by atoms with E-state index in [1.165, 1.54) is 0 Å². The molecule has 24 heavy (non-hydrogen) atoms. The summed E-state index contributed by atoms with van der Waals surface area (Å²) in [5, 5.41) is 18.2. The molecular weight excluding hydrogens is 306 g/mol. The Balaban J connectivity index is 1.43. The van der Waals surface area contributed by atoms with Gasteiger partial charge in [0, 0.05) is 32.3 Å². The first-order valence-corrected chi connectivity index (χ1v) is 8.05. The molecule has 1 aliphatic heterocycles. The second kappa shape index (κ2) is 5.95. The molecule has 3 aromatic heterocycles. The summed E-state index contributed by atoms with van der Waals surface area (Å²) in [4.78, 5) is 12.5. The molecule has 0 saturated heterocycles. The van der Waals surface area contributed by atoms with Crippen LogP contribution in [0.3, 0.4) is 0 Å². The summed E-state index contributed by atoms with van der Waals surface area (Å²) in [6, 6.07) is 5.84. The molecule has 4 heterocycles. The molecule has 0 aromatic carbocycles. The molecule has 1 amide bonds. The smallest absolute Gasteiger partial charge is 0.269 e. The number of carbonyl (C=O) groups is 1. The first-order chi connectivity index (χ1) is 11.7. The molecule has 3 aromatic rings. The zero-order chi connectivity index (χ0) is 16.5. The van der Waals surface area contributed by atoms with Crippen LogP contribution in [-0.4, -0.2) is 41.5 Å². The van der Waals surface area contributed by atoms with Crippen molar-refractivity contribution in [2.24, 2.45) is 7.05 Å². The first-order valence-electron chi connectivity index (χ1n) is 8.05. The number of hydrogen-bond donors (Lipinski definition) is 2. The summed E-state index contributed by atoms with van der Waals surface area (Å²) in [6.07, 6.45) is 6.26. The molecule has 0 aliphatic carbocycles. The number of aromatic amines is 1. The summed E-state index contributed by atoms with van der Waals surface area (Å²) in [5.74, 6) is 0.866. The van der Waals surface area contributed by atoms with Crippen molar-refractivity contribution >= 4 is 5.91 Å². The largest absolute Gasteiger partial charge is 0.349 e. The monoisotopic (exact) mass is 325 g/mol. The molecule has 1 aliphatic rings. The molecule has 0 bridgehead atoms. The number of fused-ring (bicyclic) bond motifs is 1. The van der Waals surface area contributed by atoms with Gasteiger partial charge in [-0.3, -0.25) is 9.89 Å². The van der Waals surface area contributed by atoms with Crippen LogP contribution in [0, 0.1) is 0 Å². The molecule has 0 fully saturated rings. The molecular formula is C16H19N7O. The second-order valence-electron chi connectivity index (χ2n) is 6.11. The maximum Gasteiger partial charge on any atom is 0.269 e. The fraction of sp³-hybridized carbons (Fsp3) is 0.375. The number of nitrogens with one attached hydrogen (secondary N) is 2. The Kier molecular flexibility index (Phi) is 3.64. The highest BCUT2D eigenvalue weighted by atomic mass is 16.2. The van der Waals surface area contributed by atoms with Crippen LogP contribution < -0.4 is 5.32 Å². The summed E-state index contributed by atoms with van der Waals surface area (Å²) < 4.78 is 4.02. The van der Waals surface area contributed by atoms with Gasteiger partial charge in [-0.2, -0.15) is 5.10 Å². The average molecular weight is 325 g/mol. The number of hydrogen-bond acceptors (Lipinski definition) is 4. The second-order valence-corrected chi connectivity index (χ2v) is 6.11. The van der Waals surface area contributed by atoms with Crippen LogP contribution in [0.1, 0.15) is 29.2 Å². The van der Waals surface area contributed by atoms with E-state index in [0.29, 0.717) is 5.69 Å². The number of aromatic nitrogens is 6. The lowest BCUT2D eigenvalue weighted by Crippen LogP contribution is -2.35. The first kappa shape index (κ1) is 14.7. The molecule has 2 N–H and O–H groups in total. The van der Waals surface area contributed by atoms with Gasteiger partial charge in [-0.25, -0.2) is 0 Å². The SMILES string of the molecule is Cn1cccc1-c1cc(C(=O)NC2CCc3nncn3CC2)[nH]n1. The molecule has 4 rings (SSSR count). The molecule has 8 nitrogen and oxygen atoms in total. The third-order valence-electron chi connectivity index (χ3n) is 4.49. The maximum atomic E-state index is 12.5. The predicted octanol–water partition coefficient (Wildman–Crippen LogP) is 1.14. The lowest BCUT2D eigenvalue weighted by molar-refractivity contribution is 0.0928. The van der Waals surface area contributed by atoms with E-state index >= 15 is 0 Å².